The number of hydrogen-bond acceptors (Lipinski definition) is 4. The Labute approximate surface area is 163 Å². The third-order valence-corrected chi connectivity index (χ3v) is 4.20. The molecule has 28 heavy (non-hydrogen) atoms. The summed E-state index contributed by atoms with van der Waals surface area (Å²) in [4.78, 5) is 13.0. The van der Waals surface area contributed by atoms with Gasteiger partial charge in [-0.2, -0.15) is 0 Å². The fraction of sp³-hybridized carbons (Fsp3) is 0.136. The van der Waals surface area contributed by atoms with Gasteiger partial charge < -0.3 is 20.1 Å². The summed E-state index contributed by atoms with van der Waals surface area (Å²) in [5.74, 6) is 0.520. The molecule has 1 amide bonds. The van der Waals surface area contributed by atoms with Gasteiger partial charge in [0.05, 0.1) is 14.2 Å². The minimum Gasteiger partial charge on any atom is -0.493 e. The Kier molecular flexibility index (Phi) is 6.11. The molecule has 3 aromatic rings. The van der Waals surface area contributed by atoms with Crippen LogP contribution in [-0.2, 0) is 4.79 Å². The minimum atomic E-state index is -0.663. The molecule has 0 spiro atoms. The van der Waals surface area contributed by atoms with E-state index in [4.69, 9.17) is 9.47 Å². The van der Waals surface area contributed by atoms with Gasteiger partial charge >= 0.3 is 0 Å². The van der Waals surface area contributed by atoms with Crippen LogP contribution in [0.25, 0.3) is 0 Å². The highest BCUT2D eigenvalue weighted by Gasteiger charge is 2.21. The molecule has 0 bridgehead atoms. The molecule has 0 radical (unpaired) electrons. The van der Waals surface area contributed by atoms with Gasteiger partial charge in [-0.3, -0.25) is 4.79 Å². The second-order valence-electron chi connectivity index (χ2n) is 6.05. The van der Waals surface area contributed by atoms with Crippen LogP contribution in [0.15, 0.2) is 72.8 Å². The molecule has 3 aromatic carbocycles. The Morgan fingerprint density at radius 1 is 0.857 bits per heavy atom. The fourth-order valence-corrected chi connectivity index (χ4v) is 2.79. The Morgan fingerprint density at radius 3 is 2.14 bits per heavy atom. The maximum Gasteiger partial charge on any atom is 0.251 e. The van der Waals surface area contributed by atoms with Crippen LogP contribution in [-0.4, -0.2) is 20.1 Å². The van der Waals surface area contributed by atoms with E-state index < -0.39 is 6.04 Å². The van der Waals surface area contributed by atoms with Gasteiger partial charge in [-0.15, -0.1) is 0 Å². The van der Waals surface area contributed by atoms with E-state index >= 15 is 0 Å². The van der Waals surface area contributed by atoms with E-state index in [1.54, 1.807) is 26.4 Å². The predicted molar refractivity (Wildman–Crippen MR) is 107 cm³/mol. The van der Waals surface area contributed by atoms with E-state index in [9.17, 15) is 9.18 Å². The van der Waals surface area contributed by atoms with Gasteiger partial charge in [0.2, 0.25) is 0 Å². The van der Waals surface area contributed by atoms with Crippen LogP contribution < -0.4 is 20.1 Å². The lowest BCUT2D eigenvalue weighted by Crippen LogP contribution is -2.27. The number of nitrogens with one attached hydrogen (secondary N) is 2. The molecule has 0 saturated heterocycles. The molecular weight excluding hydrogens is 359 g/mol. The second kappa shape index (κ2) is 8.90. The van der Waals surface area contributed by atoms with E-state index in [-0.39, 0.29) is 11.7 Å². The van der Waals surface area contributed by atoms with Crippen LogP contribution in [0.2, 0.25) is 0 Å². The molecule has 5 nitrogen and oxygen atoms in total. The van der Waals surface area contributed by atoms with Crippen LogP contribution in [0, 0.1) is 5.82 Å². The average molecular weight is 380 g/mol. The van der Waals surface area contributed by atoms with Gasteiger partial charge in [0.25, 0.3) is 5.91 Å². The zero-order chi connectivity index (χ0) is 19.9. The molecule has 0 aliphatic carbocycles. The van der Waals surface area contributed by atoms with Crippen molar-refractivity contribution in [3.63, 3.8) is 0 Å². The highest BCUT2D eigenvalue weighted by atomic mass is 19.1. The molecule has 0 aliphatic heterocycles. The molecule has 6 heteroatoms. The van der Waals surface area contributed by atoms with Crippen LogP contribution in [0.1, 0.15) is 11.6 Å². The van der Waals surface area contributed by atoms with Crippen molar-refractivity contribution < 1.29 is 18.7 Å². The molecule has 1 atom stereocenters. The fourth-order valence-electron chi connectivity index (χ4n) is 2.79. The average Bonchev–Trinajstić information content (AvgIpc) is 2.74. The number of methoxy groups -OCH3 is 2. The topological polar surface area (TPSA) is 59.6 Å². The Morgan fingerprint density at radius 2 is 1.50 bits per heavy atom. The first-order chi connectivity index (χ1) is 13.6. The molecule has 0 aliphatic rings. The van der Waals surface area contributed by atoms with Crippen molar-refractivity contribution in [1.29, 1.82) is 0 Å². The third-order valence-electron chi connectivity index (χ3n) is 4.20. The first-order valence-corrected chi connectivity index (χ1v) is 8.70. The summed E-state index contributed by atoms with van der Waals surface area (Å²) in [7, 11) is 3.12. The van der Waals surface area contributed by atoms with Gasteiger partial charge in [-0.25, -0.2) is 4.39 Å². The number of carbonyl (C=O) groups is 1. The highest BCUT2D eigenvalue weighted by Crippen LogP contribution is 2.31. The van der Waals surface area contributed by atoms with Gasteiger partial charge in [0.15, 0.2) is 11.5 Å². The van der Waals surface area contributed by atoms with Crippen molar-refractivity contribution in [2.45, 2.75) is 6.04 Å². The van der Waals surface area contributed by atoms with Gasteiger partial charge in [0.1, 0.15) is 11.9 Å². The van der Waals surface area contributed by atoms with Gasteiger partial charge in [-0.05, 0) is 42.0 Å². The molecule has 2 N–H and O–H groups in total. The summed E-state index contributed by atoms with van der Waals surface area (Å²) in [6.45, 7) is 0. The maximum atomic E-state index is 13.1. The number of ether oxygens (including phenoxy) is 2. The number of halogens is 1. The number of carbonyl (C=O) groups excluding carboxylic acids is 1. The summed E-state index contributed by atoms with van der Waals surface area (Å²) >= 11 is 0. The lowest BCUT2D eigenvalue weighted by Gasteiger charge is -2.21. The smallest absolute Gasteiger partial charge is 0.251 e. The zero-order valence-electron chi connectivity index (χ0n) is 15.6. The molecule has 0 fully saturated rings. The molecular formula is C22H21FN2O3. The maximum absolute atomic E-state index is 13.1. The van der Waals surface area contributed by atoms with Crippen LogP contribution in [0.5, 0.6) is 11.5 Å². The molecule has 0 aromatic heterocycles. The van der Waals surface area contributed by atoms with E-state index in [1.807, 2.05) is 36.4 Å². The van der Waals surface area contributed by atoms with Crippen LogP contribution >= 0.6 is 0 Å². The van der Waals surface area contributed by atoms with Crippen molar-refractivity contribution in [2.75, 3.05) is 24.9 Å². The predicted octanol–water partition coefficient (Wildman–Crippen LogP) is 4.63. The van der Waals surface area contributed by atoms with Gasteiger partial charge in [-0.1, -0.05) is 30.3 Å². The lowest BCUT2D eigenvalue weighted by atomic mass is 10.1. The Balaban J connectivity index is 1.87. The first-order valence-electron chi connectivity index (χ1n) is 8.70. The van der Waals surface area contributed by atoms with Gasteiger partial charge in [0, 0.05) is 17.4 Å². The van der Waals surface area contributed by atoms with Crippen molar-refractivity contribution in [2.24, 2.45) is 0 Å². The minimum absolute atomic E-state index is 0.271. The standard InChI is InChI=1S/C22H21FN2O3/c1-27-19-13-12-18(14-20(19)28-2)24-21(15-6-4-3-5-7-15)22(26)25-17-10-8-16(23)9-11-17/h3-14,21,24H,1-2H3,(H,25,26). The number of benzene rings is 3. The second-order valence-corrected chi connectivity index (χ2v) is 6.05. The summed E-state index contributed by atoms with van der Waals surface area (Å²) in [5, 5.41) is 6.05. The highest BCUT2D eigenvalue weighted by molar-refractivity contribution is 5.97. The van der Waals surface area contributed by atoms with Crippen molar-refractivity contribution in [1.82, 2.24) is 0 Å². The molecule has 144 valence electrons. The molecule has 1 unspecified atom stereocenters. The van der Waals surface area contributed by atoms with Crippen molar-refractivity contribution >= 4 is 17.3 Å². The van der Waals surface area contributed by atoms with E-state index in [0.29, 0.717) is 22.9 Å². The summed E-state index contributed by atoms with van der Waals surface area (Å²) < 4.78 is 23.7. The van der Waals surface area contributed by atoms with E-state index in [2.05, 4.69) is 10.6 Å². The molecule has 3 rings (SSSR count). The monoisotopic (exact) mass is 380 g/mol. The van der Waals surface area contributed by atoms with Crippen molar-refractivity contribution in [3.8, 4) is 11.5 Å². The summed E-state index contributed by atoms with van der Waals surface area (Å²) in [6, 6.07) is 19.7. The summed E-state index contributed by atoms with van der Waals surface area (Å²) in [5.41, 5.74) is 2.00. The first kappa shape index (κ1) is 19.2. The van der Waals surface area contributed by atoms with E-state index in [1.165, 1.54) is 24.3 Å². The Hall–Kier alpha value is -3.54. The van der Waals surface area contributed by atoms with Crippen LogP contribution in [0.4, 0.5) is 15.8 Å². The number of anilines is 2. The summed E-state index contributed by atoms with van der Waals surface area (Å²) in [6.07, 6.45) is 0. The Bertz CT molecular complexity index is 930. The zero-order valence-corrected chi connectivity index (χ0v) is 15.6. The normalized spacial score (nSPS) is 11.4. The SMILES string of the molecule is COc1ccc(NC(C(=O)Nc2ccc(F)cc2)c2ccccc2)cc1OC. The largest absolute Gasteiger partial charge is 0.493 e. The number of hydrogen-bond donors (Lipinski definition) is 2. The lowest BCUT2D eigenvalue weighted by molar-refractivity contribution is -0.117. The third kappa shape index (κ3) is 4.59. The number of amides is 1. The van der Waals surface area contributed by atoms with E-state index in [0.717, 1.165) is 5.56 Å². The van der Waals surface area contributed by atoms with Crippen LogP contribution in [0.3, 0.4) is 0 Å². The molecule has 0 heterocycles. The quantitative estimate of drug-likeness (QED) is 0.627. The molecule has 0 saturated carbocycles. The number of rotatable bonds is 7. The van der Waals surface area contributed by atoms with Crippen molar-refractivity contribution in [3.05, 3.63) is 84.2 Å².